The number of nitrogens with zero attached hydrogens (tertiary/aromatic N) is 1. The van der Waals surface area contributed by atoms with Crippen molar-refractivity contribution in [3.05, 3.63) is 17.0 Å². The molecule has 24 heavy (non-hydrogen) atoms. The second-order valence-electron chi connectivity index (χ2n) is 5.78. The maximum Gasteiger partial charge on any atom is 0.235 e. The van der Waals surface area contributed by atoms with Crippen LogP contribution in [0.2, 0.25) is 0 Å². The number of carbonyl (C=O) groups is 1. The van der Waals surface area contributed by atoms with Gasteiger partial charge in [0, 0.05) is 12.2 Å². The summed E-state index contributed by atoms with van der Waals surface area (Å²) in [6.07, 6.45) is 1.41. The van der Waals surface area contributed by atoms with Gasteiger partial charge in [0.15, 0.2) is 0 Å². The molecular weight excluding hydrogens is 338 g/mol. The van der Waals surface area contributed by atoms with Gasteiger partial charge in [-0.2, -0.15) is 0 Å². The van der Waals surface area contributed by atoms with Gasteiger partial charge in [-0.1, -0.05) is 5.16 Å². The lowest BCUT2D eigenvalue weighted by Gasteiger charge is -2.32. The molecule has 0 radical (unpaired) electrons. The van der Waals surface area contributed by atoms with Crippen LogP contribution < -0.4 is 10.0 Å². The standard InChI is InChI=1S/C14H23N3O6S/c1-9-11(10(2)23-17-9)7-22-13-4-5-21-8-12(13)16-14(18)6-15-24(3,19)20/h12-13,15H,4-8H2,1-3H3,(H,16,18)/t12-,13+/m1/s1. The van der Waals surface area contributed by atoms with Crippen molar-refractivity contribution in [2.75, 3.05) is 26.0 Å². The molecule has 1 aromatic heterocycles. The first-order valence-electron chi connectivity index (χ1n) is 7.61. The first kappa shape index (κ1) is 18.8. The molecule has 1 fully saturated rings. The number of rotatable bonds is 7. The molecule has 1 saturated heterocycles. The number of aryl methyl sites for hydroxylation is 2. The summed E-state index contributed by atoms with van der Waals surface area (Å²) in [4.78, 5) is 11.9. The minimum Gasteiger partial charge on any atom is -0.379 e. The number of nitrogens with one attached hydrogen (secondary N) is 2. The Kier molecular flexibility index (Phi) is 6.33. The quantitative estimate of drug-likeness (QED) is 0.680. The van der Waals surface area contributed by atoms with Crippen molar-refractivity contribution in [3.8, 4) is 0 Å². The van der Waals surface area contributed by atoms with Crippen LogP contribution in [0.25, 0.3) is 0 Å². The van der Waals surface area contributed by atoms with Crippen LogP contribution in [-0.4, -0.2) is 57.6 Å². The number of sulfonamides is 1. The van der Waals surface area contributed by atoms with E-state index in [1.807, 2.05) is 13.8 Å². The van der Waals surface area contributed by atoms with Crippen molar-refractivity contribution in [1.82, 2.24) is 15.2 Å². The van der Waals surface area contributed by atoms with Gasteiger partial charge in [0.25, 0.3) is 0 Å². The molecule has 2 N–H and O–H groups in total. The zero-order valence-electron chi connectivity index (χ0n) is 14.0. The van der Waals surface area contributed by atoms with Crippen molar-refractivity contribution in [2.45, 2.75) is 39.0 Å². The predicted octanol–water partition coefficient (Wildman–Crippen LogP) is -0.369. The number of ether oxygens (including phenoxy) is 2. The van der Waals surface area contributed by atoms with Gasteiger partial charge in [-0.25, -0.2) is 13.1 Å². The Morgan fingerprint density at radius 1 is 1.42 bits per heavy atom. The van der Waals surface area contributed by atoms with E-state index in [0.717, 1.165) is 17.5 Å². The van der Waals surface area contributed by atoms with Crippen LogP contribution in [0.4, 0.5) is 0 Å². The molecule has 10 heteroatoms. The first-order valence-corrected chi connectivity index (χ1v) is 9.50. The van der Waals surface area contributed by atoms with Crippen molar-refractivity contribution in [1.29, 1.82) is 0 Å². The van der Waals surface area contributed by atoms with E-state index in [9.17, 15) is 13.2 Å². The average Bonchev–Trinajstić information content (AvgIpc) is 2.83. The van der Waals surface area contributed by atoms with Crippen LogP contribution in [0.3, 0.4) is 0 Å². The van der Waals surface area contributed by atoms with Crippen molar-refractivity contribution in [2.24, 2.45) is 0 Å². The molecule has 0 aromatic carbocycles. The second kappa shape index (κ2) is 8.06. The van der Waals surface area contributed by atoms with Crippen LogP contribution in [-0.2, 0) is 30.9 Å². The molecule has 2 heterocycles. The monoisotopic (exact) mass is 361 g/mol. The van der Waals surface area contributed by atoms with Gasteiger partial charge in [0.2, 0.25) is 15.9 Å². The van der Waals surface area contributed by atoms with E-state index >= 15 is 0 Å². The molecule has 0 saturated carbocycles. The maximum atomic E-state index is 11.9. The third-order valence-corrected chi connectivity index (χ3v) is 4.43. The summed E-state index contributed by atoms with van der Waals surface area (Å²) in [6, 6.07) is -0.340. The van der Waals surface area contributed by atoms with Crippen LogP contribution >= 0.6 is 0 Å². The Labute approximate surface area is 141 Å². The summed E-state index contributed by atoms with van der Waals surface area (Å²) in [5.41, 5.74) is 1.67. The topological polar surface area (TPSA) is 120 Å². The van der Waals surface area contributed by atoms with E-state index in [-0.39, 0.29) is 18.7 Å². The van der Waals surface area contributed by atoms with E-state index < -0.39 is 15.9 Å². The number of carbonyl (C=O) groups excluding carboxylic acids is 1. The zero-order valence-corrected chi connectivity index (χ0v) is 14.8. The highest BCUT2D eigenvalue weighted by atomic mass is 32.2. The zero-order chi connectivity index (χ0) is 17.7. The summed E-state index contributed by atoms with van der Waals surface area (Å²) in [6.45, 7) is 4.54. The molecule has 1 aromatic rings. The summed E-state index contributed by atoms with van der Waals surface area (Å²) >= 11 is 0. The Morgan fingerprint density at radius 3 is 2.79 bits per heavy atom. The van der Waals surface area contributed by atoms with Gasteiger partial charge < -0.3 is 19.3 Å². The fourth-order valence-electron chi connectivity index (χ4n) is 2.41. The number of hydrogen-bond acceptors (Lipinski definition) is 7. The van der Waals surface area contributed by atoms with Gasteiger partial charge in [0.1, 0.15) is 5.76 Å². The molecule has 1 aliphatic rings. The Balaban J connectivity index is 1.89. The molecule has 0 bridgehead atoms. The van der Waals surface area contributed by atoms with Gasteiger partial charge in [0.05, 0.1) is 43.9 Å². The van der Waals surface area contributed by atoms with Crippen molar-refractivity contribution >= 4 is 15.9 Å². The maximum absolute atomic E-state index is 11.9. The fraction of sp³-hybridized carbons (Fsp3) is 0.714. The molecule has 0 aliphatic carbocycles. The Hall–Kier alpha value is -1.49. The lowest BCUT2D eigenvalue weighted by atomic mass is 10.1. The normalized spacial score (nSPS) is 21.6. The molecule has 2 atom stereocenters. The van der Waals surface area contributed by atoms with E-state index in [1.165, 1.54) is 0 Å². The molecule has 1 aliphatic heterocycles. The van der Waals surface area contributed by atoms with Crippen molar-refractivity contribution in [3.63, 3.8) is 0 Å². The van der Waals surface area contributed by atoms with Gasteiger partial charge in [-0.3, -0.25) is 4.79 Å². The molecule has 1 amide bonds. The van der Waals surface area contributed by atoms with Crippen molar-refractivity contribution < 1.29 is 27.2 Å². The molecule has 0 spiro atoms. The molecule has 9 nitrogen and oxygen atoms in total. The molecular formula is C14H23N3O6S. The summed E-state index contributed by atoms with van der Waals surface area (Å²) in [5.74, 6) is 0.277. The first-order chi connectivity index (χ1) is 11.3. The number of hydrogen-bond donors (Lipinski definition) is 2. The fourth-order valence-corrected chi connectivity index (χ4v) is 2.80. The van der Waals surface area contributed by atoms with Gasteiger partial charge >= 0.3 is 0 Å². The third kappa shape index (κ3) is 5.55. The highest BCUT2D eigenvalue weighted by Crippen LogP contribution is 2.18. The van der Waals surface area contributed by atoms with E-state index in [2.05, 4.69) is 15.2 Å². The van der Waals surface area contributed by atoms with Gasteiger partial charge in [-0.05, 0) is 20.3 Å². The highest BCUT2D eigenvalue weighted by Gasteiger charge is 2.28. The SMILES string of the molecule is Cc1noc(C)c1CO[C@H]1CCOC[C@H]1NC(=O)CNS(C)(=O)=O. The highest BCUT2D eigenvalue weighted by molar-refractivity contribution is 7.88. The Morgan fingerprint density at radius 2 is 2.17 bits per heavy atom. The summed E-state index contributed by atoms with van der Waals surface area (Å²) in [7, 11) is -3.41. The minimum absolute atomic E-state index is 0.227. The number of aromatic nitrogens is 1. The van der Waals surface area contributed by atoms with Crippen LogP contribution in [0.15, 0.2) is 4.52 Å². The van der Waals surface area contributed by atoms with Crippen LogP contribution in [0, 0.1) is 13.8 Å². The Bertz CT molecular complexity index is 653. The number of amides is 1. The summed E-state index contributed by atoms with van der Waals surface area (Å²) < 4.78 is 40.6. The van der Waals surface area contributed by atoms with Crippen LogP contribution in [0.5, 0.6) is 0 Å². The lowest BCUT2D eigenvalue weighted by Crippen LogP contribution is -2.52. The smallest absolute Gasteiger partial charge is 0.235 e. The van der Waals surface area contributed by atoms with E-state index in [1.54, 1.807) is 0 Å². The molecule has 0 unspecified atom stereocenters. The molecule has 2 rings (SSSR count). The predicted molar refractivity (Wildman–Crippen MR) is 84.8 cm³/mol. The van der Waals surface area contributed by atoms with Gasteiger partial charge in [-0.15, -0.1) is 0 Å². The largest absolute Gasteiger partial charge is 0.379 e. The average molecular weight is 361 g/mol. The molecule has 136 valence electrons. The minimum atomic E-state index is -3.41. The second-order valence-corrected chi connectivity index (χ2v) is 7.62. The lowest BCUT2D eigenvalue weighted by molar-refractivity contribution is -0.125. The van der Waals surface area contributed by atoms with E-state index in [0.29, 0.717) is 32.0 Å². The van der Waals surface area contributed by atoms with Crippen LogP contribution in [0.1, 0.15) is 23.4 Å². The third-order valence-electron chi connectivity index (χ3n) is 3.76. The summed E-state index contributed by atoms with van der Waals surface area (Å²) in [5, 5.41) is 6.63. The van der Waals surface area contributed by atoms with E-state index in [4.69, 9.17) is 14.0 Å².